The highest BCUT2D eigenvalue weighted by Gasteiger charge is 2.30. The van der Waals surface area contributed by atoms with Crippen LogP contribution in [0.15, 0.2) is 53.7 Å². The van der Waals surface area contributed by atoms with Crippen LogP contribution in [-0.4, -0.2) is 33.5 Å². The first-order valence-electron chi connectivity index (χ1n) is 10.4. The van der Waals surface area contributed by atoms with Crippen molar-refractivity contribution in [2.24, 2.45) is 0 Å². The Morgan fingerprint density at radius 2 is 1.79 bits per heavy atom. The Morgan fingerprint density at radius 3 is 2.47 bits per heavy atom. The average Bonchev–Trinajstić information content (AvgIpc) is 3.22. The van der Waals surface area contributed by atoms with E-state index in [1.165, 1.54) is 12.1 Å². The lowest BCUT2D eigenvalue weighted by molar-refractivity contribution is -0.137. The van der Waals surface area contributed by atoms with Gasteiger partial charge in [0, 0.05) is 17.8 Å². The Labute approximate surface area is 199 Å². The number of ether oxygens (including phenoxy) is 2. The Hall–Kier alpha value is -3.21. The number of methoxy groups -OCH3 is 1. The van der Waals surface area contributed by atoms with Crippen molar-refractivity contribution in [2.75, 3.05) is 18.2 Å². The minimum Gasteiger partial charge on any atom is -0.497 e. The van der Waals surface area contributed by atoms with Crippen LogP contribution in [0.2, 0.25) is 0 Å². The fraction of sp³-hybridized carbons (Fsp3) is 0.348. The second-order valence-electron chi connectivity index (χ2n) is 7.66. The maximum atomic E-state index is 12.9. The summed E-state index contributed by atoms with van der Waals surface area (Å²) in [5, 5.41) is 11.5. The zero-order valence-corrected chi connectivity index (χ0v) is 19.9. The summed E-state index contributed by atoms with van der Waals surface area (Å²) in [5.74, 6) is 1.35. The molecule has 0 aliphatic rings. The van der Waals surface area contributed by atoms with Gasteiger partial charge in [0.2, 0.25) is 5.91 Å². The van der Waals surface area contributed by atoms with Gasteiger partial charge in [0.15, 0.2) is 17.1 Å². The van der Waals surface area contributed by atoms with Crippen LogP contribution in [0.25, 0.3) is 0 Å². The molecule has 0 aliphatic heterocycles. The van der Waals surface area contributed by atoms with Gasteiger partial charge in [-0.2, -0.15) is 13.2 Å². The van der Waals surface area contributed by atoms with Crippen LogP contribution in [-0.2, 0) is 11.0 Å². The highest BCUT2D eigenvalue weighted by Crippen LogP contribution is 2.31. The minimum absolute atomic E-state index is 0.0182. The molecule has 1 unspecified atom stereocenters. The van der Waals surface area contributed by atoms with E-state index < -0.39 is 23.8 Å². The number of rotatable bonds is 9. The zero-order valence-electron chi connectivity index (χ0n) is 19.1. The fourth-order valence-corrected chi connectivity index (χ4v) is 4.06. The predicted octanol–water partition coefficient (Wildman–Crippen LogP) is 5.76. The van der Waals surface area contributed by atoms with Crippen molar-refractivity contribution in [1.82, 2.24) is 14.8 Å². The molecular weight excluding hydrogens is 469 g/mol. The molecule has 182 valence electrons. The van der Waals surface area contributed by atoms with Gasteiger partial charge in [0.25, 0.3) is 0 Å². The van der Waals surface area contributed by atoms with E-state index in [0.717, 1.165) is 23.9 Å². The van der Waals surface area contributed by atoms with Gasteiger partial charge in [-0.05, 0) is 51.1 Å². The lowest BCUT2D eigenvalue weighted by Crippen LogP contribution is -2.17. The van der Waals surface area contributed by atoms with Gasteiger partial charge >= 0.3 is 6.18 Å². The largest absolute Gasteiger partial charge is 0.497 e. The number of carbonyl (C=O) groups is 1. The highest BCUT2D eigenvalue weighted by molar-refractivity contribution is 7.99. The molecule has 0 saturated heterocycles. The summed E-state index contributed by atoms with van der Waals surface area (Å²) in [6.07, 6.45) is -4.92. The summed E-state index contributed by atoms with van der Waals surface area (Å²) < 4.78 is 51.8. The van der Waals surface area contributed by atoms with Gasteiger partial charge in [0.05, 0.1) is 18.4 Å². The van der Waals surface area contributed by atoms with E-state index in [-0.39, 0.29) is 17.5 Å². The first-order valence-corrected chi connectivity index (χ1v) is 11.4. The van der Waals surface area contributed by atoms with E-state index in [2.05, 4.69) is 15.5 Å². The first-order chi connectivity index (χ1) is 16.1. The van der Waals surface area contributed by atoms with Crippen molar-refractivity contribution < 1.29 is 27.4 Å². The van der Waals surface area contributed by atoms with Crippen LogP contribution in [0.1, 0.15) is 44.3 Å². The SMILES string of the molecule is COc1cccc(OC(C)c2nnc(SCC(=O)Nc3cccc(C(F)(F)F)c3)n2C(C)C)c1. The second-order valence-corrected chi connectivity index (χ2v) is 8.60. The number of thioether (sulfide) groups is 1. The molecule has 0 aliphatic carbocycles. The lowest BCUT2D eigenvalue weighted by atomic mass is 10.2. The Morgan fingerprint density at radius 1 is 1.09 bits per heavy atom. The van der Waals surface area contributed by atoms with Gasteiger partial charge < -0.3 is 19.4 Å². The number of alkyl halides is 3. The molecule has 7 nitrogen and oxygen atoms in total. The number of halogens is 3. The van der Waals surface area contributed by atoms with Crippen LogP contribution >= 0.6 is 11.8 Å². The molecule has 1 atom stereocenters. The zero-order chi connectivity index (χ0) is 24.9. The third-order valence-corrected chi connectivity index (χ3v) is 5.67. The lowest BCUT2D eigenvalue weighted by Gasteiger charge is -2.19. The summed E-state index contributed by atoms with van der Waals surface area (Å²) in [5.41, 5.74) is -0.751. The molecule has 11 heteroatoms. The molecule has 0 radical (unpaired) electrons. The summed E-state index contributed by atoms with van der Waals surface area (Å²) in [7, 11) is 1.57. The molecule has 1 amide bonds. The molecule has 3 rings (SSSR count). The molecule has 0 bridgehead atoms. The van der Waals surface area contributed by atoms with Gasteiger partial charge in [-0.15, -0.1) is 10.2 Å². The standard InChI is InChI=1S/C23H25F3N4O3S/c1-14(2)30-21(15(3)33-19-10-6-9-18(12-19)32-4)28-29-22(30)34-13-20(31)27-17-8-5-7-16(11-17)23(24,25)26/h5-12,14-15H,13H2,1-4H3,(H,27,31). The van der Waals surface area contributed by atoms with E-state index in [1.807, 2.05) is 43.5 Å². The smallest absolute Gasteiger partial charge is 0.416 e. The summed E-state index contributed by atoms with van der Waals surface area (Å²) in [6.45, 7) is 5.76. The summed E-state index contributed by atoms with van der Waals surface area (Å²) in [4.78, 5) is 12.4. The van der Waals surface area contributed by atoms with Crippen LogP contribution in [0.3, 0.4) is 0 Å². The molecule has 1 heterocycles. The molecule has 1 N–H and O–H groups in total. The van der Waals surface area contributed by atoms with Crippen molar-refractivity contribution in [3.63, 3.8) is 0 Å². The molecule has 2 aromatic carbocycles. The third kappa shape index (κ3) is 6.43. The number of carbonyl (C=O) groups excluding carboxylic acids is 1. The van der Waals surface area contributed by atoms with Crippen molar-refractivity contribution >= 4 is 23.4 Å². The second kappa shape index (κ2) is 10.8. The van der Waals surface area contributed by atoms with Crippen LogP contribution in [0.5, 0.6) is 11.5 Å². The predicted molar refractivity (Wildman–Crippen MR) is 123 cm³/mol. The van der Waals surface area contributed by atoms with E-state index in [0.29, 0.717) is 22.5 Å². The van der Waals surface area contributed by atoms with Crippen LogP contribution in [0.4, 0.5) is 18.9 Å². The molecule has 0 spiro atoms. The topological polar surface area (TPSA) is 78.3 Å². The maximum absolute atomic E-state index is 12.9. The first kappa shape index (κ1) is 25.4. The van der Waals surface area contributed by atoms with E-state index in [9.17, 15) is 18.0 Å². The summed E-state index contributed by atoms with van der Waals surface area (Å²) >= 11 is 1.14. The summed E-state index contributed by atoms with van der Waals surface area (Å²) in [6, 6.07) is 11.7. The highest BCUT2D eigenvalue weighted by atomic mass is 32.2. The molecule has 1 aromatic heterocycles. The third-order valence-electron chi connectivity index (χ3n) is 4.73. The molecular formula is C23H25F3N4O3S. The Kier molecular flexibility index (Phi) is 8.08. The average molecular weight is 495 g/mol. The number of aromatic nitrogens is 3. The number of nitrogens with one attached hydrogen (secondary N) is 1. The van der Waals surface area contributed by atoms with Crippen molar-refractivity contribution in [1.29, 1.82) is 0 Å². The molecule has 0 saturated carbocycles. The minimum atomic E-state index is -4.48. The van der Waals surface area contributed by atoms with Crippen molar-refractivity contribution in [3.8, 4) is 11.5 Å². The van der Waals surface area contributed by atoms with E-state index in [4.69, 9.17) is 9.47 Å². The van der Waals surface area contributed by atoms with Crippen molar-refractivity contribution in [2.45, 2.75) is 44.2 Å². The molecule has 34 heavy (non-hydrogen) atoms. The van der Waals surface area contributed by atoms with Gasteiger partial charge in [-0.25, -0.2) is 0 Å². The van der Waals surface area contributed by atoms with Gasteiger partial charge in [-0.1, -0.05) is 23.9 Å². The number of hydrogen-bond acceptors (Lipinski definition) is 6. The van der Waals surface area contributed by atoms with Crippen LogP contribution in [0, 0.1) is 0 Å². The maximum Gasteiger partial charge on any atom is 0.416 e. The number of nitrogens with zero attached hydrogens (tertiary/aromatic N) is 3. The number of amides is 1. The Bertz CT molecular complexity index is 1130. The van der Waals surface area contributed by atoms with E-state index >= 15 is 0 Å². The van der Waals surface area contributed by atoms with Crippen molar-refractivity contribution in [3.05, 3.63) is 59.9 Å². The van der Waals surface area contributed by atoms with Gasteiger partial charge in [-0.3, -0.25) is 4.79 Å². The molecule has 3 aromatic rings. The number of hydrogen-bond donors (Lipinski definition) is 1. The van der Waals surface area contributed by atoms with Crippen LogP contribution < -0.4 is 14.8 Å². The quantitative estimate of drug-likeness (QED) is 0.381. The molecule has 0 fully saturated rings. The monoisotopic (exact) mass is 494 g/mol. The van der Waals surface area contributed by atoms with Gasteiger partial charge in [0.1, 0.15) is 11.5 Å². The fourth-order valence-electron chi connectivity index (χ4n) is 3.18. The number of anilines is 1. The normalized spacial score (nSPS) is 12.5. The number of benzene rings is 2. The Balaban J connectivity index is 1.68. The van der Waals surface area contributed by atoms with E-state index in [1.54, 1.807) is 13.2 Å².